The summed E-state index contributed by atoms with van der Waals surface area (Å²) >= 11 is 0. The van der Waals surface area contributed by atoms with Crippen LogP contribution >= 0.6 is 0 Å². The van der Waals surface area contributed by atoms with Crippen LogP contribution in [0.15, 0.2) is 79.1 Å². The summed E-state index contributed by atoms with van der Waals surface area (Å²) in [5, 5.41) is 24.6. The molecule has 11 heteroatoms. The van der Waals surface area contributed by atoms with Crippen molar-refractivity contribution in [2.45, 2.75) is 50.5 Å². The quantitative estimate of drug-likeness (QED) is 0.170. The van der Waals surface area contributed by atoms with Crippen molar-refractivity contribution in [1.29, 1.82) is 5.26 Å². The molecule has 1 aliphatic rings. The smallest absolute Gasteiger partial charge is 0.377 e. The summed E-state index contributed by atoms with van der Waals surface area (Å²) in [6, 6.07) is 16.8. The van der Waals surface area contributed by atoms with Crippen molar-refractivity contribution in [2.24, 2.45) is 0 Å². The highest BCUT2D eigenvalue weighted by Gasteiger charge is 2.35. The van der Waals surface area contributed by atoms with E-state index in [-0.39, 0.29) is 51.2 Å². The molecule has 3 aromatic carbocycles. The molecule has 1 fully saturated rings. The van der Waals surface area contributed by atoms with Gasteiger partial charge >= 0.3 is 6.18 Å². The maximum atomic E-state index is 14.6. The lowest BCUT2D eigenvalue weighted by molar-refractivity contribution is -0.136. The van der Waals surface area contributed by atoms with Gasteiger partial charge in [-0.3, -0.25) is 4.98 Å². The minimum absolute atomic E-state index is 0.0545. The Bertz CT molecular complexity index is 1850. The molecule has 2 atom stereocenters. The lowest BCUT2D eigenvalue weighted by Gasteiger charge is -2.23. The molecule has 1 saturated carbocycles. The Morgan fingerprint density at radius 1 is 1.07 bits per heavy atom. The van der Waals surface area contributed by atoms with Crippen molar-refractivity contribution in [2.75, 3.05) is 10.6 Å². The largest absolute Gasteiger partial charge is 0.418 e. The van der Waals surface area contributed by atoms with Crippen LogP contribution in [-0.4, -0.2) is 20.0 Å². The van der Waals surface area contributed by atoms with Gasteiger partial charge in [-0.05, 0) is 54.7 Å². The molecule has 5 aromatic rings. The third-order valence-electron chi connectivity index (χ3n) is 7.42. The van der Waals surface area contributed by atoms with Crippen LogP contribution in [-0.2, 0) is 6.18 Å². The molecule has 0 unspecified atom stereocenters. The summed E-state index contributed by atoms with van der Waals surface area (Å²) in [5.41, 5.74) is 0.0760. The van der Waals surface area contributed by atoms with Crippen molar-refractivity contribution >= 4 is 22.3 Å². The van der Waals surface area contributed by atoms with Crippen LogP contribution in [0, 0.1) is 17.1 Å². The minimum Gasteiger partial charge on any atom is -0.377 e. The van der Waals surface area contributed by atoms with Crippen LogP contribution in [0.3, 0.4) is 0 Å². The summed E-state index contributed by atoms with van der Waals surface area (Å²) in [5.74, 6) is -0.530. The predicted molar refractivity (Wildman–Crippen MR) is 155 cm³/mol. The summed E-state index contributed by atoms with van der Waals surface area (Å²) in [7, 11) is 0. The van der Waals surface area contributed by atoms with Crippen molar-refractivity contribution < 1.29 is 18.9 Å². The molecule has 6 rings (SSSR count). The van der Waals surface area contributed by atoms with E-state index in [0.717, 1.165) is 30.7 Å². The van der Waals surface area contributed by atoms with Gasteiger partial charge < -0.3 is 10.6 Å². The van der Waals surface area contributed by atoms with Gasteiger partial charge in [-0.15, -0.1) is 5.10 Å². The summed E-state index contributed by atoms with van der Waals surface area (Å²) in [6.45, 7) is 1.93. The van der Waals surface area contributed by atoms with Crippen LogP contribution in [0.2, 0.25) is 0 Å². The molecule has 1 aliphatic carbocycles. The van der Waals surface area contributed by atoms with Crippen molar-refractivity contribution in [3.05, 3.63) is 113 Å². The first-order valence-electron chi connectivity index (χ1n) is 14.3. The molecular weight excluding hydrogens is 558 g/mol. The van der Waals surface area contributed by atoms with Gasteiger partial charge in [0.25, 0.3) is 0 Å². The summed E-state index contributed by atoms with van der Waals surface area (Å²) in [6.07, 6.45) is 0.300. The molecule has 2 N–H and O–H groups in total. The molecule has 0 aliphatic heterocycles. The van der Waals surface area contributed by atoms with Gasteiger partial charge in [0.15, 0.2) is 0 Å². The number of aromatic nitrogens is 4. The highest BCUT2D eigenvalue weighted by atomic mass is 19.4. The van der Waals surface area contributed by atoms with Crippen molar-refractivity contribution in [3.63, 3.8) is 0 Å². The van der Waals surface area contributed by atoms with Crippen LogP contribution in [0.4, 0.5) is 28.9 Å². The van der Waals surface area contributed by atoms with E-state index in [0.29, 0.717) is 6.42 Å². The Hall–Kier alpha value is -4.98. The molecule has 0 bridgehead atoms. The van der Waals surface area contributed by atoms with Gasteiger partial charge in [-0.1, -0.05) is 54.6 Å². The fourth-order valence-electron chi connectivity index (χ4n) is 5.07. The Kier molecular flexibility index (Phi) is 7.10. The van der Waals surface area contributed by atoms with Crippen LogP contribution in [0.5, 0.6) is 0 Å². The van der Waals surface area contributed by atoms with Gasteiger partial charge in [0.05, 0.1) is 48.0 Å². The normalized spacial score (nSPS) is 15.8. The van der Waals surface area contributed by atoms with Crippen molar-refractivity contribution in [1.82, 2.24) is 20.0 Å². The fraction of sp³-hybridized carbons (Fsp3) is 0.250. The lowest BCUT2D eigenvalue weighted by Crippen LogP contribution is -2.16. The van der Waals surface area contributed by atoms with E-state index < -0.39 is 23.6 Å². The number of hydrogen-bond acceptors (Lipinski definition) is 6. The SMILES string of the molecule is [2H][C@@](Nc1cc(C(F)(F)F)c2ncc(C#N)c(N[C@H](CC)c3ccccc3)c2c1)(c1ccc(F)cc1)c1cn(C2CC2)nn1. The van der Waals surface area contributed by atoms with Gasteiger partial charge in [-0.2, -0.15) is 18.4 Å². The zero-order chi connectivity index (χ0) is 31.1. The molecular formula is C32H27F4N7. The maximum absolute atomic E-state index is 14.6. The first-order chi connectivity index (χ1) is 21.1. The van der Waals surface area contributed by atoms with E-state index in [9.17, 15) is 24.2 Å². The number of halogens is 4. The molecule has 218 valence electrons. The average Bonchev–Trinajstić information content (AvgIpc) is 3.75. The molecule has 0 saturated heterocycles. The third kappa shape index (κ3) is 5.86. The summed E-state index contributed by atoms with van der Waals surface area (Å²) in [4.78, 5) is 4.05. The van der Waals surface area contributed by atoms with Gasteiger partial charge in [0.2, 0.25) is 0 Å². The number of rotatable bonds is 9. The topological polar surface area (TPSA) is 91.5 Å². The Balaban J connectivity index is 1.53. The van der Waals surface area contributed by atoms with Gasteiger partial charge in [0.1, 0.15) is 17.6 Å². The van der Waals surface area contributed by atoms with Crippen LogP contribution in [0.1, 0.15) is 73.6 Å². The standard InChI is InChI=1S/C32H27F4N7/c1-2-27(19-6-4-3-5-7-19)40-29-21(16-37)17-38-31-25(29)14-23(15-26(31)32(34,35)36)39-30(20-8-10-22(33)11-9-20)28-18-43(42-41-28)24-12-13-24/h3-11,14-15,17-18,24,27,30,39H,2,12-13H2,1H3,(H,38,40)/t27-,30-/m1/s1/i30D. The van der Waals surface area contributed by atoms with E-state index in [1.807, 2.05) is 37.3 Å². The second-order valence-corrected chi connectivity index (χ2v) is 10.4. The Morgan fingerprint density at radius 2 is 1.81 bits per heavy atom. The van der Waals surface area contributed by atoms with Crippen LogP contribution < -0.4 is 10.6 Å². The number of nitrogens with zero attached hydrogens (tertiary/aromatic N) is 5. The minimum atomic E-state index is -4.81. The zero-order valence-electron chi connectivity index (χ0n) is 24.0. The molecule has 7 nitrogen and oxygen atoms in total. The number of pyridine rings is 1. The third-order valence-corrected chi connectivity index (χ3v) is 7.42. The molecule has 2 heterocycles. The first kappa shape index (κ1) is 26.9. The Morgan fingerprint density at radius 3 is 2.47 bits per heavy atom. The number of alkyl halides is 3. The van der Waals surface area contributed by atoms with Gasteiger partial charge in [-0.25, -0.2) is 9.07 Å². The highest BCUT2D eigenvalue weighted by Crippen LogP contribution is 2.41. The van der Waals surface area contributed by atoms with Gasteiger partial charge in [0, 0.05) is 17.3 Å². The van der Waals surface area contributed by atoms with E-state index >= 15 is 0 Å². The highest BCUT2D eigenvalue weighted by molar-refractivity contribution is 5.98. The number of benzene rings is 3. The number of anilines is 2. The van der Waals surface area contributed by atoms with Crippen LogP contribution in [0.25, 0.3) is 10.9 Å². The monoisotopic (exact) mass is 586 g/mol. The van der Waals surface area contributed by atoms with E-state index in [1.54, 1.807) is 10.9 Å². The van der Waals surface area contributed by atoms with E-state index in [4.69, 9.17) is 0 Å². The molecule has 43 heavy (non-hydrogen) atoms. The molecule has 0 spiro atoms. The molecule has 0 amide bonds. The average molecular weight is 587 g/mol. The lowest BCUT2D eigenvalue weighted by atomic mass is 9.99. The molecule has 2 aromatic heterocycles. The second kappa shape index (κ2) is 11.4. The van der Waals surface area contributed by atoms with E-state index in [2.05, 4.69) is 32.0 Å². The zero-order valence-corrected chi connectivity index (χ0v) is 23.0. The maximum Gasteiger partial charge on any atom is 0.418 e. The summed E-state index contributed by atoms with van der Waals surface area (Å²) < 4.78 is 68.7. The second-order valence-electron chi connectivity index (χ2n) is 10.4. The van der Waals surface area contributed by atoms with Crippen molar-refractivity contribution in [3.8, 4) is 6.07 Å². The molecule has 0 radical (unpaired) electrons. The number of fused-ring (bicyclic) bond motifs is 1. The number of nitrogens with one attached hydrogen (secondary N) is 2. The fourth-order valence-corrected chi connectivity index (χ4v) is 5.07. The number of hydrogen-bond donors (Lipinski definition) is 2. The Labute approximate surface area is 246 Å². The predicted octanol–water partition coefficient (Wildman–Crippen LogP) is 7.96. The van der Waals surface area contributed by atoms with E-state index in [1.165, 1.54) is 30.3 Å². The first-order valence-corrected chi connectivity index (χ1v) is 13.8. The number of nitriles is 1.